The summed E-state index contributed by atoms with van der Waals surface area (Å²) in [6, 6.07) is 0. The molecule has 0 aromatic rings. The molecule has 0 aromatic heterocycles. The average molecular weight is 245 g/mol. The number of carboxylic acid groups (broad SMARTS) is 1. The minimum atomic E-state index is -0.891. The fourth-order valence-electron chi connectivity index (χ4n) is 1.13. The number of nitrogens with zero attached hydrogens (tertiary/aromatic N) is 1. The number of rotatable bonds is 8. The third-order valence-corrected chi connectivity index (χ3v) is 2.00. The molecule has 0 heterocycles. The van der Waals surface area contributed by atoms with Gasteiger partial charge in [0.25, 0.3) is 0 Å². The third-order valence-electron chi connectivity index (χ3n) is 2.00. The van der Waals surface area contributed by atoms with Crippen LogP contribution in [-0.2, 0) is 9.63 Å². The topological polar surface area (TPSA) is 76.0 Å². The molecule has 5 heteroatoms. The van der Waals surface area contributed by atoms with Gasteiger partial charge in [-0.1, -0.05) is 32.3 Å². The highest BCUT2D eigenvalue weighted by Gasteiger charge is 2.00. The van der Waals surface area contributed by atoms with Crippen LogP contribution in [0.3, 0.4) is 0 Å². The molecule has 1 unspecified atom stereocenters. The van der Waals surface area contributed by atoms with Gasteiger partial charge >= 0.3 is 5.97 Å². The first-order valence-electron chi connectivity index (χ1n) is 5.92. The van der Waals surface area contributed by atoms with E-state index in [9.17, 15) is 9.70 Å². The van der Waals surface area contributed by atoms with E-state index in [1.807, 2.05) is 6.92 Å². The zero-order valence-corrected chi connectivity index (χ0v) is 10.9. The summed E-state index contributed by atoms with van der Waals surface area (Å²) in [5, 5.41) is 10.2. The number of carboxylic acids is 1. The van der Waals surface area contributed by atoms with Crippen LogP contribution in [-0.4, -0.2) is 17.2 Å². The molecule has 0 fully saturated rings. The number of hydrogen-bond acceptors (Lipinski definition) is 4. The van der Waals surface area contributed by atoms with Crippen molar-refractivity contribution in [3.8, 4) is 0 Å². The molecule has 0 amide bonds. The number of allylic oxidation sites excluding steroid dienone is 1. The van der Waals surface area contributed by atoms with E-state index in [0.29, 0.717) is 0 Å². The first kappa shape index (κ1) is 18.0. The second kappa shape index (κ2) is 14.6. The van der Waals surface area contributed by atoms with Crippen molar-refractivity contribution in [2.45, 2.75) is 59.0 Å². The summed E-state index contributed by atoms with van der Waals surface area (Å²) in [4.78, 5) is 23.6. The summed E-state index contributed by atoms with van der Waals surface area (Å²) in [5.41, 5.74) is 0. The normalized spacial score (nSPS) is 11.5. The number of carbonyl (C=O) groups is 1. The maximum absolute atomic E-state index is 9.63. The quantitative estimate of drug-likeness (QED) is 0.306. The molecule has 0 saturated heterocycles. The molecule has 1 atom stereocenters. The molecule has 0 radical (unpaired) electrons. The summed E-state index contributed by atoms with van der Waals surface area (Å²) in [5.74, 6) is -0.891. The molecule has 0 aliphatic carbocycles. The molecular formula is C12H23NO4. The van der Waals surface area contributed by atoms with Gasteiger partial charge in [0.2, 0.25) is 0 Å². The number of aliphatic carboxylic acids is 1. The standard InChI is InChI=1S/C8H17NO2.C4H6O2/c1-3-4-5-6-7-8(2)11-9-10;1-2-3-4(5)6/h8H,3-7H2,1-2H3;2-3H,1H3,(H,5,6)/b;3-2+. The highest BCUT2D eigenvalue weighted by atomic mass is 16.7. The predicted molar refractivity (Wildman–Crippen MR) is 67.6 cm³/mol. The van der Waals surface area contributed by atoms with Gasteiger partial charge in [-0.2, -0.15) is 0 Å². The van der Waals surface area contributed by atoms with Crippen LogP contribution in [0.1, 0.15) is 52.9 Å². The largest absolute Gasteiger partial charge is 0.478 e. The minimum absolute atomic E-state index is 0.00986. The van der Waals surface area contributed by atoms with Crippen molar-refractivity contribution < 1.29 is 14.7 Å². The Kier molecular flexibility index (Phi) is 15.5. The van der Waals surface area contributed by atoms with E-state index in [-0.39, 0.29) is 6.10 Å². The van der Waals surface area contributed by atoms with Crippen molar-refractivity contribution in [2.24, 2.45) is 5.34 Å². The summed E-state index contributed by atoms with van der Waals surface area (Å²) in [6.45, 7) is 5.70. The van der Waals surface area contributed by atoms with Crippen LogP contribution in [0.25, 0.3) is 0 Å². The average Bonchev–Trinajstić information content (AvgIpc) is 2.25. The molecule has 0 aliphatic heterocycles. The molecule has 0 bridgehead atoms. The molecule has 17 heavy (non-hydrogen) atoms. The van der Waals surface area contributed by atoms with Gasteiger partial charge in [0.05, 0.1) is 0 Å². The molecule has 100 valence electrons. The Balaban J connectivity index is 0. The zero-order chi connectivity index (χ0) is 13.5. The van der Waals surface area contributed by atoms with Crippen LogP contribution in [0, 0.1) is 4.91 Å². The molecule has 0 aromatic carbocycles. The van der Waals surface area contributed by atoms with Gasteiger partial charge in [0.1, 0.15) is 6.10 Å². The van der Waals surface area contributed by atoms with Gasteiger partial charge in [-0.15, -0.1) is 4.91 Å². The van der Waals surface area contributed by atoms with Crippen molar-refractivity contribution >= 4 is 5.97 Å². The number of unbranched alkanes of at least 4 members (excludes halogenated alkanes) is 3. The van der Waals surface area contributed by atoms with E-state index in [0.717, 1.165) is 18.9 Å². The van der Waals surface area contributed by atoms with E-state index >= 15 is 0 Å². The van der Waals surface area contributed by atoms with Crippen LogP contribution in [0.5, 0.6) is 0 Å². The van der Waals surface area contributed by atoms with Crippen LogP contribution in [0.15, 0.2) is 17.5 Å². The Morgan fingerprint density at radius 1 is 1.41 bits per heavy atom. The van der Waals surface area contributed by atoms with E-state index in [2.05, 4.69) is 17.1 Å². The number of hydrogen-bond donors (Lipinski definition) is 1. The Morgan fingerprint density at radius 3 is 2.41 bits per heavy atom. The lowest BCUT2D eigenvalue weighted by molar-refractivity contribution is -0.131. The minimum Gasteiger partial charge on any atom is -0.478 e. The van der Waals surface area contributed by atoms with Crippen LogP contribution in [0.4, 0.5) is 0 Å². The Morgan fingerprint density at radius 2 is 2.06 bits per heavy atom. The van der Waals surface area contributed by atoms with E-state index < -0.39 is 5.97 Å². The lowest BCUT2D eigenvalue weighted by atomic mass is 10.1. The van der Waals surface area contributed by atoms with Gasteiger partial charge in [0, 0.05) is 6.08 Å². The van der Waals surface area contributed by atoms with Crippen LogP contribution >= 0.6 is 0 Å². The predicted octanol–water partition coefficient (Wildman–Crippen LogP) is 3.69. The van der Waals surface area contributed by atoms with Gasteiger partial charge < -0.3 is 9.94 Å². The Labute approximate surface area is 103 Å². The smallest absolute Gasteiger partial charge is 0.327 e. The monoisotopic (exact) mass is 245 g/mol. The lowest BCUT2D eigenvalue weighted by Gasteiger charge is -2.05. The molecule has 0 aliphatic rings. The fourth-order valence-corrected chi connectivity index (χ4v) is 1.13. The second-order valence-corrected chi connectivity index (χ2v) is 3.68. The Bertz CT molecular complexity index is 217. The van der Waals surface area contributed by atoms with Crippen molar-refractivity contribution in [3.05, 3.63) is 17.1 Å². The fraction of sp³-hybridized carbons (Fsp3) is 0.750. The zero-order valence-electron chi connectivity index (χ0n) is 10.9. The maximum Gasteiger partial charge on any atom is 0.327 e. The van der Waals surface area contributed by atoms with Crippen molar-refractivity contribution in [1.82, 2.24) is 0 Å². The molecule has 0 rings (SSSR count). The van der Waals surface area contributed by atoms with E-state index in [1.165, 1.54) is 25.3 Å². The van der Waals surface area contributed by atoms with E-state index in [1.54, 1.807) is 6.92 Å². The first-order valence-corrected chi connectivity index (χ1v) is 5.92. The highest BCUT2D eigenvalue weighted by molar-refractivity contribution is 5.79. The second-order valence-electron chi connectivity index (χ2n) is 3.68. The summed E-state index contributed by atoms with van der Waals surface area (Å²) in [7, 11) is 0. The SMILES string of the molecule is C/C=C/C(=O)O.CCCCCCC(C)ON=O. The van der Waals surface area contributed by atoms with Crippen LogP contribution in [0.2, 0.25) is 0 Å². The lowest BCUT2D eigenvalue weighted by Crippen LogP contribution is -2.02. The van der Waals surface area contributed by atoms with Crippen LogP contribution < -0.4 is 0 Å². The van der Waals surface area contributed by atoms with Crippen molar-refractivity contribution in [3.63, 3.8) is 0 Å². The van der Waals surface area contributed by atoms with Gasteiger partial charge in [-0.05, 0) is 26.7 Å². The summed E-state index contributed by atoms with van der Waals surface area (Å²) >= 11 is 0. The first-order chi connectivity index (χ1) is 8.08. The van der Waals surface area contributed by atoms with Crippen molar-refractivity contribution in [1.29, 1.82) is 0 Å². The maximum atomic E-state index is 9.63. The summed E-state index contributed by atoms with van der Waals surface area (Å²) in [6.07, 6.45) is 8.34. The highest BCUT2D eigenvalue weighted by Crippen LogP contribution is 2.07. The van der Waals surface area contributed by atoms with Crippen molar-refractivity contribution in [2.75, 3.05) is 0 Å². The third kappa shape index (κ3) is 20.6. The Hall–Kier alpha value is -1.39. The van der Waals surface area contributed by atoms with Gasteiger partial charge in [0.15, 0.2) is 5.34 Å². The van der Waals surface area contributed by atoms with E-state index in [4.69, 9.17) is 5.11 Å². The van der Waals surface area contributed by atoms with Gasteiger partial charge in [-0.3, -0.25) is 0 Å². The van der Waals surface area contributed by atoms with Gasteiger partial charge in [-0.25, -0.2) is 4.79 Å². The molecular weight excluding hydrogens is 222 g/mol. The molecule has 0 spiro atoms. The molecule has 1 N–H and O–H groups in total. The molecule has 5 nitrogen and oxygen atoms in total. The molecule has 0 saturated carbocycles. The summed E-state index contributed by atoms with van der Waals surface area (Å²) < 4.78 is 0.